The summed E-state index contributed by atoms with van der Waals surface area (Å²) < 4.78 is 0. The molecule has 1 amide bonds. The Balaban J connectivity index is 1.56. The highest BCUT2D eigenvalue weighted by molar-refractivity contribution is 5.94. The van der Waals surface area contributed by atoms with Crippen LogP contribution in [-0.4, -0.2) is 16.8 Å². The topological polar surface area (TPSA) is 123 Å². The molecule has 3 rings (SSSR count). The van der Waals surface area contributed by atoms with E-state index in [-0.39, 0.29) is 11.3 Å². The van der Waals surface area contributed by atoms with Gasteiger partial charge in [-0.05, 0) is 55.5 Å². The maximum atomic E-state index is 12.0. The quantitative estimate of drug-likeness (QED) is 0.350. The number of non-ortho nitro benzene ring substituents is 1. The molecule has 3 aromatic rings. The predicted molar refractivity (Wildman–Crippen MR) is 109 cm³/mol. The van der Waals surface area contributed by atoms with E-state index in [0.717, 1.165) is 5.56 Å². The lowest BCUT2D eigenvalue weighted by Crippen LogP contribution is -2.10. The minimum absolute atomic E-state index is 0.116. The molecule has 0 bridgehead atoms. The zero-order valence-electron chi connectivity index (χ0n) is 15.8. The molecule has 9 heteroatoms. The van der Waals surface area contributed by atoms with Crippen molar-refractivity contribution in [2.45, 2.75) is 6.92 Å². The number of nitrogens with zero attached hydrogens (tertiary/aromatic N) is 3. The number of benzene rings is 3. The number of carbonyl (C=O) groups is 2. The standard InChI is InChI=1S/C21H16N4O5/c1-14-3-2-4-16(13-14)21(27)30-24-18-9-7-17(8-10-18)22-23-20(26)15-5-11-19(12-6-15)25(28)29/h2-13,24H,1H3. The van der Waals surface area contributed by atoms with Crippen LogP contribution >= 0.6 is 0 Å². The Kier molecular flexibility index (Phi) is 6.23. The first kappa shape index (κ1) is 20.3. The zero-order chi connectivity index (χ0) is 21.5. The van der Waals surface area contributed by atoms with E-state index >= 15 is 0 Å². The number of anilines is 1. The van der Waals surface area contributed by atoms with Crippen molar-refractivity contribution in [2.75, 3.05) is 5.48 Å². The number of carbonyl (C=O) groups excluding carboxylic acids is 2. The smallest absolute Gasteiger partial charge is 0.338 e. The normalized spacial score (nSPS) is 10.6. The summed E-state index contributed by atoms with van der Waals surface area (Å²) in [5, 5.41) is 18.1. The summed E-state index contributed by atoms with van der Waals surface area (Å²) in [7, 11) is 0. The molecule has 0 atom stereocenters. The molecule has 3 aromatic carbocycles. The Morgan fingerprint density at radius 1 is 0.967 bits per heavy atom. The van der Waals surface area contributed by atoms with Gasteiger partial charge in [0.25, 0.3) is 11.6 Å². The van der Waals surface area contributed by atoms with Crippen LogP contribution < -0.4 is 5.48 Å². The molecule has 0 saturated heterocycles. The number of hydrogen-bond acceptors (Lipinski definition) is 7. The Labute approximate surface area is 171 Å². The number of nitrogens with one attached hydrogen (secondary N) is 1. The van der Waals surface area contributed by atoms with Crippen LogP contribution in [0.5, 0.6) is 0 Å². The van der Waals surface area contributed by atoms with Gasteiger partial charge in [0.1, 0.15) is 0 Å². The molecular formula is C21H16N4O5. The van der Waals surface area contributed by atoms with Gasteiger partial charge in [0, 0.05) is 17.7 Å². The maximum absolute atomic E-state index is 12.0. The Hall–Kier alpha value is -4.40. The fraction of sp³-hybridized carbons (Fsp3) is 0.0476. The van der Waals surface area contributed by atoms with E-state index in [0.29, 0.717) is 16.9 Å². The average molecular weight is 404 g/mol. The molecule has 150 valence electrons. The molecule has 0 spiro atoms. The van der Waals surface area contributed by atoms with Crippen LogP contribution in [0.2, 0.25) is 0 Å². The number of hydrogen-bond donors (Lipinski definition) is 1. The Bertz CT molecular complexity index is 1110. The molecule has 1 N–H and O–H groups in total. The minimum atomic E-state index is -0.626. The molecule has 30 heavy (non-hydrogen) atoms. The average Bonchev–Trinajstić information content (AvgIpc) is 2.76. The summed E-state index contributed by atoms with van der Waals surface area (Å²) in [5.74, 6) is -1.14. The molecule has 0 aliphatic rings. The molecule has 0 aromatic heterocycles. The van der Waals surface area contributed by atoms with Crippen molar-refractivity contribution < 1.29 is 19.3 Å². The van der Waals surface area contributed by atoms with E-state index in [1.165, 1.54) is 24.3 Å². The molecule has 0 radical (unpaired) electrons. The van der Waals surface area contributed by atoms with Gasteiger partial charge in [-0.25, -0.2) is 10.3 Å². The van der Waals surface area contributed by atoms with Crippen molar-refractivity contribution in [1.29, 1.82) is 0 Å². The molecule has 0 aliphatic carbocycles. The number of azo groups is 1. The summed E-state index contributed by atoms with van der Waals surface area (Å²) in [5.41, 5.74) is 4.91. The third-order valence-electron chi connectivity index (χ3n) is 3.96. The van der Waals surface area contributed by atoms with E-state index in [2.05, 4.69) is 15.7 Å². The van der Waals surface area contributed by atoms with E-state index in [9.17, 15) is 19.7 Å². The monoisotopic (exact) mass is 404 g/mol. The van der Waals surface area contributed by atoms with Gasteiger partial charge < -0.3 is 4.84 Å². The second-order valence-electron chi connectivity index (χ2n) is 6.22. The minimum Gasteiger partial charge on any atom is -0.338 e. The van der Waals surface area contributed by atoms with Gasteiger partial charge >= 0.3 is 5.97 Å². The second-order valence-corrected chi connectivity index (χ2v) is 6.22. The third-order valence-corrected chi connectivity index (χ3v) is 3.96. The van der Waals surface area contributed by atoms with Crippen molar-refractivity contribution >= 4 is 28.9 Å². The first-order chi connectivity index (χ1) is 14.4. The summed E-state index contributed by atoms with van der Waals surface area (Å²) in [6, 6.07) is 18.5. The van der Waals surface area contributed by atoms with Crippen LogP contribution in [0.25, 0.3) is 0 Å². The zero-order valence-corrected chi connectivity index (χ0v) is 15.8. The molecule has 0 heterocycles. The lowest BCUT2D eigenvalue weighted by atomic mass is 10.1. The SMILES string of the molecule is Cc1cccc(C(=O)ONc2ccc(N=NC(=O)c3ccc([N+](=O)[O-])cc3)cc2)c1. The van der Waals surface area contributed by atoms with Gasteiger partial charge in [-0.2, -0.15) is 0 Å². The van der Waals surface area contributed by atoms with Crippen LogP contribution in [0.3, 0.4) is 0 Å². The summed E-state index contributed by atoms with van der Waals surface area (Å²) >= 11 is 0. The summed E-state index contributed by atoms with van der Waals surface area (Å²) in [6.07, 6.45) is 0. The largest absolute Gasteiger partial charge is 0.362 e. The molecule has 0 saturated carbocycles. The summed E-state index contributed by atoms with van der Waals surface area (Å²) in [4.78, 5) is 39.1. The number of rotatable bonds is 6. The number of nitro benzene ring substituents is 1. The van der Waals surface area contributed by atoms with Gasteiger partial charge in [-0.1, -0.05) is 17.7 Å². The van der Waals surface area contributed by atoms with E-state index in [4.69, 9.17) is 4.84 Å². The van der Waals surface area contributed by atoms with Crippen LogP contribution in [-0.2, 0) is 4.84 Å². The van der Waals surface area contributed by atoms with Crippen molar-refractivity contribution in [3.05, 3.63) is 99.6 Å². The predicted octanol–water partition coefficient (Wildman–Crippen LogP) is 5.01. The highest BCUT2D eigenvalue weighted by Gasteiger charge is 2.09. The van der Waals surface area contributed by atoms with Gasteiger partial charge in [0.05, 0.1) is 21.9 Å². The second kappa shape index (κ2) is 9.20. The molecular weight excluding hydrogens is 388 g/mol. The number of amides is 1. The lowest BCUT2D eigenvalue weighted by Gasteiger charge is -2.07. The molecule has 0 aliphatic heterocycles. The van der Waals surface area contributed by atoms with Gasteiger partial charge in [0.15, 0.2) is 0 Å². The van der Waals surface area contributed by atoms with Crippen molar-refractivity contribution in [3.8, 4) is 0 Å². The van der Waals surface area contributed by atoms with Crippen LogP contribution in [0.15, 0.2) is 83.0 Å². The van der Waals surface area contributed by atoms with Gasteiger partial charge in [0.2, 0.25) is 0 Å². The Morgan fingerprint density at radius 2 is 1.67 bits per heavy atom. The summed E-state index contributed by atoms with van der Waals surface area (Å²) in [6.45, 7) is 1.88. The van der Waals surface area contributed by atoms with Crippen molar-refractivity contribution in [3.63, 3.8) is 0 Å². The fourth-order valence-electron chi connectivity index (χ4n) is 2.42. The van der Waals surface area contributed by atoms with Crippen LogP contribution in [0.4, 0.5) is 17.1 Å². The molecule has 0 fully saturated rings. The third kappa shape index (κ3) is 5.32. The highest BCUT2D eigenvalue weighted by Crippen LogP contribution is 2.18. The lowest BCUT2D eigenvalue weighted by molar-refractivity contribution is -0.384. The Morgan fingerprint density at radius 3 is 2.30 bits per heavy atom. The number of aryl methyl sites for hydroxylation is 1. The van der Waals surface area contributed by atoms with Crippen molar-refractivity contribution in [1.82, 2.24) is 0 Å². The van der Waals surface area contributed by atoms with Gasteiger partial charge in [-0.3, -0.25) is 14.9 Å². The van der Waals surface area contributed by atoms with E-state index < -0.39 is 16.8 Å². The number of nitro groups is 1. The van der Waals surface area contributed by atoms with E-state index in [1.54, 1.807) is 42.5 Å². The highest BCUT2D eigenvalue weighted by atomic mass is 16.7. The maximum Gasteiger partial charge on any atom is 0.362 e. The first-order valence-corrected chi connectivity index (χ1v) is 8.77. The molecule has 9 nitrogen and oxygen atoms in total. The van der Waals surface area contributed by atoms with Crippen LogP contribution in [0, 0.1) is 17.0 Å². The van der Waals surface area contributed by atoms with E-state index in [1.807, 2.05) is 13.0 Å². The van der Waals surface area contributed by atoms with Crippen LogP contribution in [0.1, 0.15) is 26.3 Å². The van der Waals surface area contributed by atoms with Crippen molar-refractivity contribution in [2.24, 2.45) is 10.2 Å². The van der Waals surface area contributed by atoms with Gasteiger partial charge in [-0.15, -0.1) is 10.2 Å². The fourth-order valence-corrected chi connectivity index (χ4v) is 2.42. The first-order valence-electron chi connectivity index (χ1n) is 8.77. The molecule has 0 unspecified atom stereocenters.